The Balaban J connectivity index is 1.87. The summed E-state index contributed by atoms with van der Waals surface area (Å²) in [7, 11) is 1.98. The lowest BCUT2D eigenvalue weighted by Gasteiger charge is -2.21. The van der Waals surface area contributed by atoms with Gasteiger partial charge in [0.25, 0.3) is 0 Å². The van der Waals surface area contributed by atoms with E-state index in [-0.39, 0.29) is 0 Å². The number of aromatic nitrogens is 2. The molecular formula is C14H25N3. The molecule has 1 fully saturated rings. The maximum Gasteiger partial charge on any atom is 0.0537 e. The lowest BCUT2D eigenvalue weighted by atomic mass is 10.0. The van der Waals surface area contributed by atoms with E-state index in [1.54, 1.807) is 0 Å². The molecule has 3 heteroatoms. The molecule has 1 heterocycles. The lowest BCUT2D eigenvalue weighted by Crippen LogP contribution is -2.30. The zero-order valence-corrected chi connectivity index (χ0v) is 11.3. The highest BCUT2D eigenvalue weighted by atomic mass is 15.2. The van der Waals surface area contributed by atoms with Crippen molar-refractivity contribution < 1.29 is 0 Å². The molecule has 0 aromatic carbocycles. The third kappa shape index (κ3) is 3.56. The number of hydrogen-bond donors (Lipinski definition) is 1. The van der Waals surface area contributed by atoms with Crippen LogP contribution in [0.25, 0.3) is 0 Å². The Hall–Kier alpha value is -0.830. The molecule has 17 heavy (non-hydrogen) atoms. The van der Waals surface area contributed by atoms with Crippen molar-refractivity contribution in [3.63, 3.8) is 0 Å². The first kappa shape index (κ1) is 12.6. The van der Waals surface area contributed by atoms with Gasteiger partial charge < -0.3 is 5.32 Å². The van der Waals surface area contributed by atoms with Gasteiger partial charge in [-0.1, -0.05) is 19.8 Å². The van der Waals surface area contributed by atoms with Gasteiger partial charge in [-0.25, -0.2) is 0 Å². The van der Waals surface area contributed by atoms with Crippen molar-refractivity contribution in [2.24, 2.45) is 13.0 Å². The molecule has 0 bridgehead atoms. The molecule has 0 amide bonds. The molecule has 3 nitrogen and oxygen atoms in total. The van der Waals surface area contributed by atoms with Crippen molar-refractivity contribution >= 4 is 0 Å². The molecule has 0 saturated heterocycles. The monoisotopic (exact) mass is 235 g/mol. The summed E-state index contributed by atoms with van der Waals surface area (Å²) in [5.74, 6) is 0.912. The second kappa shape index (κ2) is 5.67. The Bertz CT molecular complexity index is 345. The summed E-state index contributed by atoms with van der Waals surface area (Å²) in [6.07, 6.45) is 10.9. The highest BCUT2D eigenvalue weighted by Gasteiger charge is 2.18. The van der Waals surface area contributed by atoms with Crippen LogP contribution in [0, 0.1) is 5.92 Å². The minimum Gasteiger partial charge on any atom is -0.307 e. The van der Waals surface area contributed by atoms with E-state index in [0.29, 0.717) is 12.1 Å². The van der Waals surface area contributed by atoms with E-state index in [4.69, 9.17) is 0 Å². The topological polar surface area (TPSA) is 29.9 Å². The molecule has 1 aliphatic carbocycles. The lowest BCUT2D eigenvalue weighted by molar-refractivity contribution is 0.408. The van der Waals surface area contributed by atoms with E-state index < -0.39 is 0 Å². The summed E-state index contributed by atoms with van der Waals surface area (Å²) in [5, 5.41) is 7.99. The predicted octanol–water partition coefficient (Wildman–Crippen LogP) is 3.04. The standard InChI is InChI=1S/C14H25N3/c1-11-5-4-6-14(8-7-11)16-12(2)13-9-15-17(3)10-13/h9-12,14,16H,4-8H2,1-3H3. The van der Waals surface area contributed by atoms with E-state index >= 15 is 0 Å². The molecule has 96 valence electrons. The first-order valence-electron chi connectivity index (χ1n) is 6.89. The SMILES string of the molecule is CC1CCCC(NC(C)c2cnn(C)c2)CC1. The van der Waals surface area contributed by atoms with Crippen LogP contribution in [0.1, 0.15) is 57.6 Å². The fourth-order valence-corrected chi connectivity index (χ4v) is 2.77. The van der Waals surface area contributed by atoms with Crippen molar-refractivity contribution in [3.8, 4) is 0 Å². The molecule has 1 aromatic rings. The molecule has 3 unspecified atom stereocenters. The normalized spacial score (nSPS) is 27.7. The molecular weight excluding hydrogens is 210 g/mol. The first-order chi connectivity index (χ1) is 8.15. The average molecular weight is 235 g/mol. The number of hydrogen-bond acceptors (Lipinski definition) is 2. The molecule has 1 saturated carbocycles. The minimum absolute atomic E-state index is 0.419. The van der Waals surface area contributed by atoms with Crippen LogP contribution in [-0.4, -0.2) is 15.8 Å². The molecule has 1 N–H and O–H groups in total. The quantitative estimate of drug-likeness (QED) is 0.816. The minimum atomic E-state index is 0.419. The van der Waals surface area contributed by atoms with Crippen LogP contribution >= 0.6 is 0 Å². The van der Waals surface area contributed by atoms with Crippen molar-refractivity contribution in [1.82, 2.24) is 15.1 Å². The maximum absolute atomic E-state index is 4.24. The Kier molecular flexibility index (Phi) is 4.21. The molecule has 1 aliphatic rings. The van der Waals surface area contributed by atoms with Gasteiger partial charge in [0.05, 0.1) is 6.20 Å². The van der Waals surface area contributed by atoms with Crippen LogP contribution in [0.4, 0.5) is 0 Å². The van der Waals surface area contributed by atoms with Crippen molar-refractivity contribution in [2.45, 2.75) is 58.0 Å². The van der Waals surface area contributed by atoms with Gasteiger partial charge >= 0.3 is 0 Å². The Morgan fingerprint density at radius 3 is 2.88 bits per heavy atom. The fourth-order valence-electron chi connectivity index (χ4n) is 2.77. The maximum atomic E-state index is 4.24. The molecule has 2 rings (SSSR count). The second-order valence-corrected chi connectivity index (χ2v) is 5.65. The molecule has 1 aromatic heterocycles. The van der Waals surface area contributed by atoms with Gasteiger partial charge in [0.15, 0.2) is 0 Å². The summed E-state index contributed by atoms with van der Waals surface area (Å²) in [6, 6.07) is 1.11. The van der Waals surface area contributed by atoms with Crippen molar-refractivity contribution in [1.29, 1.82) is 0 Å². The van der Waals surface area contributed by atoms with Crippen molar-refractivity contribution in [3.05, 3.63) is 18.0 Å². The van der Waals surface area contributed by atoms with E-state index in [9.17, 15) is 0 Å². The zero-order valence-electron chi connectivity index (χ0n) is 11.3. The first-order valence-corrected chi connectivity index (χ1v) is 6.89. The Morgan fingerprint density at radius 2 is 2.18 bits per heavy atom. The van der Waals surface area contributed by atoms with Gasteiger partial charge in [0.1, 0.15) is 0 Å². The van der Waals surface area contributed by atoms with E-state index in [1.807, 2.05) is 17.9 Å². The third-order valence-corrected chi connectivity index (χ3v) is 3.97. The molecule has 0 spiro atoms. The summed E-state index contributed by atoms with van der Waals surface area (Å²) >= 11 is 0. The number of nitrogens with zero attached hydrogens (tertiary/aromatic N) is 2. The molecule has 0 radical (unpaired) electrons. The second-order valence-electron chi connectivity index (χ2n) is 5.65. The van der Waals surface area contributed by atoms with Crippen LogP contribution < -0.4 is 5.32 Å². The number of nitrogens with one attached hydrogen (secondary N) is 1. The molecule has 0 aliphatic heterocycles. The van der Waals surface area contributed by atoms with Gasteiger partial charge in [0, 0.05) is 30.9 Å². The average Bonchev–Trinajstić information content (AvgIpc) is 2.62. The summed E-state index contributed by atoms with van der Waals surface area (Å²) < 4.78 is 1.88. The van der Waals surface area contributed by atoms with Crippen LogP contribution in [0.15, 0.2) is 12.4 Å². The zero-order chi connectivity index (χ0) is 12.3. The smallest absolute Gasteiger partial charge is 0.0537 e. The third-order valence-electron chi connectivity index (χ3n) is 3.97. The highest BCUT2D eigenvalue weighted by molar-refractivity contribution is 5.09. The Morgan fingerprint density at radius 1 is 1.35 bits per heavy atom. The van der Waals surface area contributed by atoms with E-state index in [1.165, 1.54) is 37.7 Å². The van der Waals surface area contributed by atoms with Gasteiger partial charge in [0.2, 0.25) is 0 Å². The van der Waals surface area contributed by atoms with E-state index in [2.05, 4.69) is 30.5 Å². The van der Waals surface area contributed by atoms with E-state index in [0.717, 1.165) is 5.92 Å². The van der Waals surface area contributed by atoms with Gasteiger partial charge in [-0.2, -0.15) is 5.10 Å². The summed E-state index contributed by atoms with van der Waals surface area (Å²) in [6.45, 7) is 4.62. The van der Waals surface area contributed by atoms with Gasteiger partial charge in [-0.15, -0.1) is 0 Å². The van der Waals surface area contributed by atoms with Crippen LogP contribution in [0.5, 0.6) is 0 Å². The summed E-state index contributed by atoms with van der Waals surface area (Å²) in [5.41, 5.74) is 1.30. The van der Waals surface area contributed by atoms with Crippen LogP contribution in [0.3, 0.4) is 0 Å². The van der Waals surface area contributed by atoms with Crippen LogP contribution in [-0.2, 0) is 7.05 Å². The number of rotatable bonds is 3. The number of aryl methyl sites for hydroxylation is 1. The van der Waals surface area contributed by atoms with Crippen molar-refractivity contribution in [2.75, 3.05) is 0 Å². The Labute approximate surface area is 105 Å². The largest absolute Gasteiger partial charge is 0.307 e. The van der Waals surface area contributed by atoms with Crippen LogP contribution in [0.2, 0.25) is 0 Å². The fraction of sp³-hybridized carbons (Fsp3) is 0.786. The molecule has 3 atom stereocenters. The highest BCUT2D eigenvalue weighted by Crippen LogP contribution is 2.24. The van der Waals surface area contributed by atoms with Gasteiger partial charge in [-0.3, -0.25) is 4.68 Å². The predicted molar refractivity (Wildman–Crippen MR) is 70.8 cm³/mol. The van der Waals surface area contributed by atoms with Gasteiger partial charge in [-0.05, 0) is 32.1 Å². The summed E-state index contributed by atoms with van der Waals surface area (Å²) in [4.78, 5) is 0.